The minimum absolute atomic E-state index is 0.00645. The topological polar surface area (TPSA) is 65.2 Å². The molecule has 82 valence electrons. The molecule has 4 nitrogen and oxygen atoms in total. The Morgan fingerprint density at radius 1 is 1.80 bits per heavy atom. The smallest absolute Gasteiger partial charge is 0.187 e. The molecule has 1 fully saturated rings. The summed E-state index contributed by atoms with van der Waals surface area (Å²) in [6, 6.07) is -0.101. The van der Waals surface area contributed by atoms with Crippen molar-refractivity contribution in [3.05, 3.63) is 16.1 Å². The summed E-state index contributed by atoms with van der Waals surface area (Å²) in [5.74, 6) is 0.0867. The number of aromatic nitrogens is 1. The fraction of sp³-hybridized carbons (Fsp3) is 0.600. The second kappa shape index (κ2) is 4.38. The summed E-state index contributed by atoms with van der Waals surface area (Å²) in [6.45, 7) is 3.08. The number of Topliss-reactive ketones (excluding diaryl/α,β-unsaturated/α-hetero) is 1. The zero-order valence-electron chi connectivity index (χ0n) is 8.60. The van der Waals surface area contributed by atoms with Crippen LogP contribution in [0.15, 0.2) is 5.38 Å². The molecule has 0 amide bonds. The van der Waals surface area contributed by atoms with Crippen molar-refractivity contribution in [2.45, 2.75) is 19.4 Å². The number of ether oxygens (including phenoxy) is 1. The molecule has 2 rings (SSSR count). The van der Waals surface area contributed by atoms with Crippen LogP contribution in [-0.4, -0.2) is 24.0 Å². The molecule has 0 radical (unpaired) electrons. The highest BCUT2D eigenvalue weighted by atomic mass is 32.1. The monoisotopic (exact) mass is 226 g/mol. The van der Waals surface area contributed by atoms with Gasteiger partial charge in [-0.25, -0.2) is 4.98 Å². The number of carbonyl (C=O) groups excluding carboxylic acids is 1. The van der Waals surface area contributed by atoms with Gasteiger partial charge in [0.25, 0.3) is 0 Å². The number of ketones is 1. The Bertz CT molecular complexity index is 356. The fourth-order valence-corrected chi connectivity index (χ4v) is 2.33. The second-order valence-corrected chi connectivity index (χ2v) is 4.67. The molecule has 2 heterocycles. The van der Waals surface area contributed by atoms with Gasteiger partial charge in [-0.3, -0.25) is 4.79 Å². The van der Waals surface area contributed by atoms with Crippen molar-refractivity contribution in [1.82, 2.24) is 4.98 Å². The molecule has 2 unspecified atom stereocenters. The molecule has 0 aliphatic carbocycles. The van der Waals surface area contributed by atoms with E-state index in [0.717, 1.165) is 11.4 Å². The van der Waals surface area contributed by atoms with Crippen molar-refractivity contribution in [2.24, 2.45) is 11.7 Å². The molecule has 15 heavy (non-hydrogen) atoms. The predicted molar refractivity (Wildman–Crippen MR) is 58.0 cm³/mol. The van der Waals surface area contributed by atoms with Gasteiger partial charge in [0.2, 0.25) is 0 Å². The first-order valence-corrected chi connectivity index (χ1v) is 5.89. The van der Waals surface area contributed by atoms with Crippen LogP contribution in [0, 0.1) is 5.92 Å². The van der Waals surface area contributed by atoms with Crippen LogP contribution in [0.1, 0.15) is 34.9 Å². The van der Waals surface area contributed by atoms with Crippen LogP contribution in [0.2, 0.25) is 0 Å². The van der Waals surface area contributed by atoms with E-state index >= 15 is 0 Å². The molecule has 1 aliphatic heterocycles. The normalized spacial score (nSPS) is 22.9. The average Bonchev–Trinajstić information content (AvgIpc) is 2.88. The van der Waals surface area contributed by atoms with Crippen molar-refractivity contribution in [2.75, 3.05) is 13.2 Å². The Kier molecular flexibility index (Phi) is 3.14. The van der Waals surface area contributed by atoms with Gasteiger partial charge in [-0.05, 0) is 13.3 Å². The second-order valence-electron chi connectivity index (χ2n) is 3.78. The highest BCUT2D eigenvalue weighted by Gasteiger charge is 2.26. The fourth-order valence-electron chi connectivity index (χ4n) is 1.56. The Labute approximate surface area is 92.5 Å². The molecule has 1 aliphatic rings. The molecule has 1 aromatic heterocycles. The average molecular weight is 226 g/mol. The minimum atomic E-state index is -0.101. The molecule has 0 bridgehead atoms. The van der Waals surface area contributed by atoms with Crippen molar-refractivity contribution in [3.63, 3.8) is 0 Å². The van der Waals surface area contributed by atoms with E-state index in [-0.39, 0.29) is 17.7 Å². The lowest BCUT2D eigenvalue weighted by molar-refractivity contribution is 0.0895. The largest absolute Gasteiger partial charge is 0.381 e. The maximum atomic E-state index is 11.9. The zero-order valence-corrected chi connectivity index (χ0v) is 9.42. The van der Waals surface area contributed by atoms with Crippen molar-refractivity contribution in [3.8, 4) is 0 Å². The van der Waals surface area contributed by atoms with Crippen LogP contribution >= 0.6 is 11.3 Å². The van der Waals surface area contributed by atoms with E-state index in [2.05, 4.69) is 4.98 Å². The summed E-state index contributed by atoms with van der Waals surface area (Å²) in [4.78, 5) is 16.1. The number of carbonyl (C=O) groups is 1. The first kappa shape index (κ1) is 10.7. The minimum Gasteiger partial charge on any atom is -0.381 e. The van der Waals surface area contributed by atoms with E-state index in [1.54, 1.807) is 5.38 Å². The van der Waals surface area contributed by atoms with Crippen LogP contribution in [-0.2, 0) is 4.74 Å². The highest BCUT2D eigenvalue weighted by molar-refractivity contribution is 7.09. The molecular formula is C10H14N2O2S. The molecule has 2 N–H and O–H groups in total. The Morgan fingerprint density at radius 2 is 2.60 bits per heavy atom. The van der Waals surface area contributed by atoms with E-state index in [1.165, 1.54) is 11.3 Å². The van der Waals surface area contributed by atoms with E-state index in [0.29, 0.717) is 18.9 Å². The van der Waals surface area contributed by atoms with Gasteiger partial charge in [-0.15, -0.1) is 11.3 Å². The van der Waals surface area contributed by atoms with Gasteiger partial charge in [-0.1, -0.05) is 0 Å². The van der Waals surface area contributed by atoms with Crippen molar-refractivity contribution < 1.29 is 9.53 Å². The molecule has 0 spiro atoms. The summed E-state index contributed by atoms with van der Waals surface area (Å²) in [5, 5.41) is 2.61. The van der Waals surface area contributed by atoms with Crippen LogP contribution < -0.4 is 5.73 Å². The van der Waals surface area contributed by atoms with Crippen molar-refractivity contribution in [1.29, 1.82) is 0 Å². The third-order valence-corrected chi connectivity index (χ3v) is 3.51. The van der Waals surface area contributed by atoms with Crippen molar-refractivity contribution >= 4 is 17.1 Å². The molecular weight excluding hydrogens is 212 g/mol. The lowest BCUT2D eigenvalue weighted by Gasteiger charge is -2.02. The maximum Gasteiger partial charge on any atom is 0.187 e. The molecule has 2 atom stereocenters. The molecule has 0 saturated carbocycles. The Balaban J connectivity index is 2.11. The maximum absolute atomic E-state index is 11.9. The molecule has 1 aromatic rings. The van der Waals surface area contributed by atoms with Gasteiger partial charge >= 0.3 is 0 Å². The number of hydrogen-bond acceptors (Lipinski definition) is 5. The van der Waals surface area contributed by atoms with E-state index < -0.39 is 0 Å². The van der Waals surface area contributed by atoms with Crippen LogP contribution in [0.4, 0.5) is 0 Å². The van der Waals surface area contributed by atoms with Gasteiger partial charge < -0.3 is 10.5 Å². The third kappa shape index (κ3) is 2.25. The van der Waals surface area contributed by atoms with E-state index in [1.807, 2.05) is 6.92 Å². The standard InChI is InChI=1S/C10H14N2O2S/c1-6(11)10-12-8(5-15-10)9(13)7-2-3-14-4-7/h5-7H,2-4,11H2,1H3. The number of rotatable bonds is 3. The number of nitrogens with two attached hydrogens (primary N) is 1. The quantitative estimate of drug-likeness (QED) is 0.791. The first-order chi connectivity index (χ1) is 7.18. The van der Waals surface area contributed by atoms with Crippen LogP contribution in [0.3, 0.4) is 0 Å². The first-order valence-electron chi connectivity index (χ1n) is 5.01. The molecule has 0 aromatic carbocycles. The van der Waals surface area contributed by atoms with Gasteiger partial charge in [0.15, 0.2) is 5.78 Å². The summed E-state index contributed by atoms with van der Waals surface area (Å²) in [5.41, 5.74) is 6.24. The van der Waals surface area contributed by atoms with Crippen LogP contribution in [0.25, 0.3) is 0 Å². The number of hydrogen-bond donors (Lipinski definition) is 1. The summed E-state index contributed by atoms with van der Waals surface area (Å²) < 4.78 is 5.18. The summed E-state index contributed by atoms with van der Waals surface area (Å²) in [7, 11) is 0. The van der Waals surface area contributed by atoms with Crippen LogP contribution in [0.5, 0.6) is 0 Å². The van der Waals surface area contributed by atoms with Gasteiger partial charge in [0.05, 0.1) is 12.6 Å². The highest BCUT2D eigenvalue weighted by Crippen LogP contribution is 2.21. The van der Waals surface area contributed by atoms with E-state index in [4.69, 9.17) is 10.5 Å². The number of nitrogens with zero attached hydrogens (tertiary/aromatic N) is 1. The third-order valence-electron chi connectivity index (χ3n) is 2.46. The molecule has 5 heteroatoms. The Hall–Kier alpha value is -0.780. The summed E-state index contributed by atoms with van der Waals surface area (Å²) >= 11 is 1.45. The van der Waals surface area contributed by atoms with Gasteiger partial charge in [0.1, 0.15) is 10.7 Å². The summed E-state index contributed by atoms with van der Waals surface area (Å²) in [6.07, 6.45) is 0.809. The van der Waals surface area contributed by atoms with Gasteiger partial charge in [0, 0.05) is 17.9 Å². The SMILES string of the molecule is CC(N)c1nc(C(=O)C2CCOC2)cs1. The Morgan fingerprint density at radius 3 is 3.13 bits per heavy atom. The van der Waals surface area contributed by atoms with Gasteiger partial charge in [-0.2, -0.15) is 0 Å². The number of thiazole rings is 1. The van der Waals surface area contributed by atoms with E-state index in [9.17, 15) is 4.79 Å². The zero-order chi connectivity index (χ0) is 10.8. The lowest BCUT2D eigenvalue weighted by atomic mass is 10.0. The predicted octanol–water partition coefficient (Wildman–Crippen LogP) is 1.38. The molecule has 1 saturated heterocycles. The lowest BCUT2D eigenvalue weighted by Crippen LogP contribution is -2.15.